The second-order valence-corrected chi connectivity index (χ2v) is 6.63. The summed E-state index contributed by atoms with van der Waals surface area (Å²) in [5.74, 6) is -0.995. The first-order chi connectivity index (χ1) is 13.6. The van der Waals surface area contributed by atoms with Gasteiger partial charge in [0.2, 0.25) is 5.91 Å². The van der Waals surface area contributed by atoms with Crippen LogP contribution in [0.4, 0.5) is 5.69 Å². The molecule has 0 aromatic heterocycles. The van der Waals surface area contributed by atoms with Crippen LogP contribution < -0.4 is 4.90 Å². The van der Waals surface area contributed by atoms with E-state index in [1.165, 1.54) is 0 Å². The number of amides is 1. The minimum Gasteiger partial charge on any atom is -0.478 e. The number of anilines is 1. The Morgan fingerprint density at radius 2 is 1.54 bits per heavy atom. The number of carboxylic acid groups (broad SMARTS) is 1. The van der Waals surface area contributed by atoms with E-state index < -0.39 is 5.97 Å². The van der Waals surface area contributed by atoms with Crippen LogP contribution in [0.3, 0.4) is 0 Å². The first-order valence-electron chi connectivity index (χ1n) is 9.33. The highest BCUT2D eigenvalue weighted by Gasteiger charge is 2.19. The van der Waals surface area contributed by atoms with E-state index in [0.29, 0.717) is 6.54 Å². The Labute approximate surface area is 165 Å². The van der Waals surface area contributed by atoms with Crippen LogP contribution in [0.25, 0.3) is 0 Å². The number of aromatic carboxylic acids is 1. The molecule has 0 heterocycles. The van der Waals surface area contributed by atoms with Crippen LogP contribution in [0.2, 0.25) is 0 Å². The topological polar surface area (TPSA) is 57.6 Å². The van der Waals surface area contributed by atoms with Gasteiger partial charge in [0.15, 0.2) is 0 Å². The molecule has 142 valence electrons. The highest BCUT2D eigenvalue weighted by molar-refractivity contribution is 5.95. The molecule has 0 saturated carbocycles. The van der Waals surface area contributed by atoms with E-state index in [2.05, 4.69) is 6.92 Å². The Kier molecular flexibility index (Phi) is 6.22. The second kappa shape index (κ2) is 9.00. The molecule has 0 aliphatic carbocycles. The summed E-state index contributed by atoms with van der Waals surface area (Å²) in [4.78, 5) is 26.3. The zero-order valence-electron chi connectivity index (χ0n) is 15.8. The summed E-state index contributed by atoms with van der Waals surface area (Å²) >= 11 is 0. The number of rotatable bonds is 7. The number of carboxylic acids is 1. The van der Waals surface area contributed by atoms with Crippen LogP contribution >= 0.6 is 0 Å². The monoisotopic (exact) mass is 373 g/mol. The lowest BCUT2D eigenvalue weighted by Crippen LogP contribution is -2.32. The molecule has 0 atom stereocenters. The SMILES string of the molecule is CCc1ccccc1N(Cc1cccc(C(=O)O)c1)C(=O)Cc1ccccc1. The molecular formula is C24H23NO3. The standard InChI is InChI=1S/C24H23NO3/c1-2-20-12-6-7-14-22(20)25(23(26)16-18-9-4-3-5-10-18)17-19-11-8-13-21(15-19)24(27)28/h3-15H,2,16-17H2,1H3,(H,27,28). The van der Waals surface area contributed by atoms with Gasteiger partial charge in [0, 0.05) is 5.69 Å². The maximum absolute atomic E-state index is 13.2. The van der Waals surface area contributed by atoms with Gasteiger partial charge in [-0.05, 0) is 41.3 Å². The molecule has 4 heteroatoms. The van der Waals surface area contributed by atoms with Gasteiger partial charge in [0.25, 0.3) is 0 Å². The molecule has 0 saturated heterocycles. The van der Waals surface area contributed by atoms with Crippen LogP contribution in [-0.2, 0) is 24.2 Å². The molecule has 3 rings (SSSR count). The molecule has 28 heavy (non-hydrogen) atoms. The van der Waals surface area contributed by atoms with Gasteiger partial charge in [-0.25, -0.2) is 4.79 Å². The summed E-state index contributed by atoms with van der Waals surface area (Å²) in [5.41, 5.74) is 3.90. The first kappa shape index (κ1) is 19.4. The Morgan fingerprint density at radius 3 is 2.25 bits per heavy atom. The lowest BCUT2D eigenvalue weighted by molar-refractivity contribution is -0.118. The van der Waals surface area contributed by atoms with Crippen molar-refractivity contribution in [2.75, 3.05) is 4.90 Å². The maximum atomic E-state index is 13.2. The number of benzene rings is 3. The molecule has 0 fully saturated rings. The van der Waals surface area contributed by atoms with Crippen molar-refractivity contribution in [3.05, 3.63) is 101 Å². The maximum Gasteiger partial charge on any atom is 0.335 e. The molecule has 0 radical (unpaired) electrons. The number of hydrogen-bond donors (Lipinski definition) is 1. The molecule has 0 spiro atoms. The van der Waals surface area contributed by atoms with Crippen molar-refractivity contribution in [2.24, 2.45) is 0 Å². The van der Waals surface area contributed by atoms with Crippen LogP contribution in [0.1, 0.15) is 34.0 Å². The van der Waals surface area contributed by atoms with Crippen molar-refractivity contribution in [1.82, 2.24) is 0 Å². The minimum absolute atomic E-state index is 0.0205. The van der Waals surface area contributed by atoms with Gasteiger partial charge in [0.05, 0.1) is 18.5 Å². The van der Waals surface area contributed by atoms with Gasteiger partial charge < -0.3 is 10.0 Å². The molecule has 3 aromatic carbocycles. The fraction of sp³-hybridized carbons (Fsp3) is 0.167. The molecule has 3 aromatic rings. The Hall–Kier alpha value is -3.40. The minimum atomic E-state index is -0.974. The normalized spacial score (nSPS) is 10.5. The number of hydrogen-bond acceptors (Lipinski definition) is 2. The largest absolute Gasteiger partial charge is 0.478 e. The van der Waals surface area contributed by atoms with E-state index in [4.69, 9.17) is 0 Å². The quantitative estimate of drug-likeness (QED) is 0.652. The van der Waals surface area contributed by atoms with Crippen molar-refractivity contribution in [1.29, 1.82) is 0 Å². The summed E-state index contributed by atoms with van der Waals surface area (Å²) < 4.78 is 0. The third-order valence-corrected chi connectivity index (χ3v) is 4.68. The molecule has 1 amide bonds. The molecule has 0 aliphatic heterocycles. The summed E-state index contributed by atoms with van der Waals surface area (Å²) in [6.07, 6.45) is 1.10. The van der Waals surface area contributed by atoms with Crippen LogP contribution in [0, 0.1) is 0 Å². The second-order valence-electron chi connectivity index (χ2n) is 6.63. The van der Waals surface area contributed by atoms with Gasteiger partial charge >= 0.3 is 5.97 Å². The number of aryl methyl sites for hydroxylation is 1. The summed E-state index contributed by atoms with van der Waals surface area (Å²) in [5, 5.41) is 9.27. The van der Waals surface area contributed by atoms with Crippen molar-refractivity contribution in [2.45, 2.75) is 26.3 Å². The Morgan fingerprint density at radius 1 is 0.857 bits per heavy atom. The molecule has 0 aliphatic rings. The predicted molar refractivity (Wildman–Crippen MR) is 111 cm³/mol. The molecule has 1 N–H and O–H groups in total. The third kappa shape index (κ3) is 4.65. The van der Waals surface area contributed by atoms with Crippen LogP contribution in [-0.4, -0.2) is 17.0 Å². The van der Waals surface area contributed by atoms with E-state index in [-0.39, 0.29) is 17.9 Å². The van der Waals surface area contributed by atoms with Crippen molar-refractivity contribution >= 4 is 17.6 Å². The predicted octanol–water partition coefficient (Wildman–Crippen LogP) is 4.72. The average molecular weight is 373 g/mol. The van der Waals surface area contributed by atoms with Gasteiger partial charge in [-0.15, -0.1) is 0 Å². The highest BCUT2D eigenvalue weighted by atomic mass is 16.4. The van der Waals surface area contributed by atoms with Crippen LogP contribution in [0.15, 0.2) is 78.9 Å². The lowest BCUT2D eigenvalue weighted by Gasteiger charge is -2.26. The Balaban J connectivity index is 1.95. The van der Waals surface area contributed by atoms with E-state index >= 15 is 0 Å². The zero-order chi connectivity index (χ0) is 19.9. The van der Waals surface area contributed by atoms with Gasteiger partial charge in [0.1, 0.15) is 0 Å². The summed E-state index contributed by atoms with van der Waals surface area (Å²) in [7, 11) is 0. The fourth-order valence-electron chi connectivity index (χ4n) is 3.23. The van der Waals surface area contributed by atoms with E-state index in [1.807, 2.05) is 60.7 Å². The van der Waals surface area contributed by atoms with E-state index in [1.54, 1.807) is 23.1 Å². The molecular weight excluding hydrogens is 350 g/mol. The third-order valence-electron chi connectivity index (χ3n) is 4.68. The number of nitrogens with zero attached hydrogens (tertiary/aromatic N) is 1. The first-order valence-corrected chi connectivity index (χ1v) is 9.33. The van der Waals surface area contributed by atoms with Crippen molar-refractivity contribution in [3.63, 3.8) is 0 Å². The summed E-state index contributed by atoms with van der Waals surface area (Å²) in [6.45, 7) is 2.38. The fourth-order valence-corrected chi connectivity index (χ4v) is 3.23. The zero-order valence-corrected chi connectivity index (χ0v) is 15.8. The average Bonchev–Trinajstić information content (AvgIpc) is 2.73. The van der Waals surface area contributed by atoms with Gasteiger partial charge in [-0.3, -0.25) is 4.79 Å². The van der Waals surface area contributed by atoms with E-state index in [0.717, 1.165) is 28.8 Å². The summed E-state index contributed by atoms with van der Waals surface area (Å²) in [6, 6.07) is 24.2. The van der Waals surface area contributed by atoms with E-state index in [9.17, 15) is 14.7 Å². The number of para-hydroxylation sites is 1. The van der Waals surface area contributed by atoms with Crippen molar-refractivity contribution in [3.8, 4) is 0 Å². The molecule has 4 nitrogen and oxygen atoms in total. The highest BCUT2D eigenvalue weighted by Crippen LogP contribution is 2.24. The van der Waals surface area contributed by atoms with Crippen LogP contribution in [0.5, 0.6) is 0 Å². The van der Waals surface area contributed by atoms with Crippen molar-refractivity contribution < 1.29 is 14.7 Å². The lowest BCUT2D eigenvalue weighted by atomic mass is 10.1. The Bertz CT molecular complexity index is 966. The number of carbonyl (C=O) groups excluding carboxylic acids is 1. The molecule has 0 unspecified atom stereocenters. The van der Waals surface area contributed by atoms with Gasteiger partial charge in [-0.2, -0.15) is 0 Å². The smallest absolute Gasteiger partial charge is 0.335 e. The number of carbonyl (C=O) groups is 2. The molecule has 0 bridgehead atoms. The van der Waals surface area contributed by atoms with Gasteiger partial charge in [-0.1, -0.05) is 67.6 Å².